The number of esters is 1. The number of aliphatic carboxylic acids is 1. The minimum absolute atomic E-state index is 0.0908. The van der Waals surface area contributed by atoms with Gasteiger partial charge in [-0.15, -0.1) is 0 Å². The Hall–Kier alpha value is -4.01. The molecule has 0 atom stereocenters. The minimum atomic E-state index is -1.10. The van der Waals surface area contributed by atoms with Crippen LogP contribution in [-0.4, -0.2) is 50.9 Å². The molecule has 0 bridgehead atoms. The average Bonchev–Trinajstić information content (AvgIpc) is 3.12. The molecule has 2 aromatic carbocycles. The van der Waals surface area contributed by atoms with Gasteiger partial charge in [0.1, 0.15) is 11.5 Å². The van der Waals surface area contributed by atoms with Gasteiger partial charge in [-0.05, 0) is 35.9 Å². The quantitative estimate of drug-likeness (QED) is 0.519. The number of hydrogen-bond donors (Lipinski definition) is 1. The van der Waals surface area contributed by atoms with Gasteiger partial charge in [-0.25, -0.2) is 14.6 Å². The van der Waals surface area contributed by atoms with Crippen LogP contribution in [0.3, 0.4) is 0 Å². The number of ether oxygens (including phenoxy) is 5. The van der Waals surface area contributed by atoms with Crippen LogP contribution < -0.4 is 18.9 Å². The molecule has 9 heteroatoms. The lowest BCUT2D eigenvalue weighted by atomic mass is 10.1. The normalized spacial score (nSPS) is 14.2. The Balaban J connectivity index is 1.90. The number of carbonyl (C=O) groups is 2. The topological polar surface area (TPSA) is 113 Å². The number of cyclic esters (lactones) is 1. The molecule has 3 rings (SSSR count). The van der Waals surface area contributed by atoms with Gasteiger partial charge < -0.3 is 28.8 Å². The molecule has 1 aliphatic rings. The molecular formula is C21H19NO8. The summed E-state index contributed by atoms with van der Waals surface area (Å²) >= 11 is 0. The summed E-state index contributed by atoms with van der Waals surface area (Å²) in [6.45, 7) is -0.499. The largest absolute Gasteiger partial charge is 0.497 e. The van der Waals surface area contributed by atoms with Crippen molar-refractivity contribution < 1.29 is 38.4 Å². The van der Waals surface area contributed by atoms with Crippen molar-refractivity contribution >= 4 is 23.9 Å². The van der Waals surface area contributed by atoms with Crippen molar-refractivity contribution in [2.45, 2.75) is 0 Å². The summed E-state index contributed by atoms with van der Waals surface area (Å²) < 4.78 is 26.1. The van der Waals surface area contributed by atoms with E-state index in [-0.39, 0.29) is 17.3 Å². The number of carbonyl (C=O) groups excluding carboxylic acids is 1. The molecule has 0 fully saturated rings. The van der Waals surface area contributed by atoms with Gasteiger partial charge in [0.05, 0.1) is 21.3 Å². The summed E-state index contributed by atoms with van der Waals surface area (Å²) in [6, 6.07) is 9.83. The van der Waals surface area contributed by atoms with E-state index in [1.54, 1.807) is 36.4 Å². The molecule has 0 unspecified atom stereocenters. The first-order chi connectivity index (χ1) is 14.4. The second kappa shape index (κ2) is 8.99. The number of rotatable bonds is 8. The van der Waals surface area contributed by atoms with Crippen molar-refractivity contribution in [3.8, 4) is 23.0 Å². The molecule has 2 aromatic rings. The van der Waals surface area contributed by atoms with Gasteiger partial charge in [0.25, 0.3) is 0 Å². The number of methoxy groups -OCH3 is 3. The van der Waals surface area contributed by atoms with Crippen LogP contribution in [0.1, 0.15) is 11.1 Å². The number of carboxylic acid groups (broad SMARTS) is 1. The SMILES string of the molecule is COc1cc(OC)cc(C2=N/C(=C/c3ccc(OCC(=O)O)c(OC)c3)C(=O)O2)c1. The highest BCUT2D eigenvalue weighted by atomic mass is 16.6. The van der Waals surface area contributed by atoms with Gasteiger partial charge in [-0.3, -0.25) is 0 Å². The van der Waals surface area contributed by atoms with Crippen molar-refractivity contribution in [3.63, 3.8) is 0 Å². The summed E-state index contributed by atoms with van der Waals surface area (Å²) in [5.74, 6) is 0.0496. The van der Waals surface area contributed by atoms with Gasteiger partial charge in [0.15, 0.2) is 23.8 Å². The zero-order chi connectivity index (χ0) is 21.7. The van der Waals surface area contributed by atoms with Gasteiger partial charge in [0, 0.05) is 11.6 Å². The first-order valence-corrected chi connectivity index (χ1v) is 8.72. The summed E-state index contributed by atoms with van der Waals surface area (Å²) in [7, 11) is 4.46. The van der Waals surface area contributed by atoms with Crippen molar-refractivity contribution in [2.24, 2.45) is 4.99 Å². The molecule has 1 heterocycles. The molecule has 0 saturated heterocycles. The van der Waals surface area contributed by atoms with E-state index in [1.165, 1.54) is 27.4 Å². The third-order valence-corrected chi connectivity index (χ3v) is 4.06. The van der Waals surface area contributed by atoms with Gasteiger partial charge in [-0.1, -0.05) is 6.07 Å². The maximum absolute atomic E-state index is 12.3. The number of carboxylic acids is 1. The van der Waals surface area contributed by atoms with Gasteiger partial charge in [-0.2, -0.15) is 0 Å². The van der Waals surface area contributed by atoms with E-state index in [9.17, 15) is 9.59 Å². The van der Waals surface area contributed by atoms with E-state index in [0.29, 0.717) is 28.4 Å². The lowest BCUT2D eigenvalue weighted by molar-refractivity contribution is -0.139. The molecule has 0 amide bonds. The first-order valence-electron chi connectivity index (χ1n) is 8.72. The molecule has 156 valence electrons. The van der Waals surface area contributed by atoms with E-state index in [2.05, 4.69) is 4.99 Å². The van der Waals surface area contributed by atoms with Crippen LogP contribution in [0.5, 0.6) is 23.0 Å². The molecule has 9 nitrogen and oxygen atoms in total. The number of nitrogens with zero attached hydrogens (tertiary/aromatic N) is 1. The number of aliphatic imine (C=N–C) groups is 1. The maximum atomic E-state index is 12.3. The number of hydrogen-bond acceptors (Lipinski definition) is 8. The Bertz CT molecular complexity index is 1020. The Morgan fingerprint density at radius 1 is 1.03 bits per heavy atom. The van der Waals surface area contributed by atoms with Gasteiger partial charge >= 0.3 is 11.9 Å². The fraction of sp³-hybridized carbons (Fsp3) is 0.190. The molecule has 30 heavy (non-hydrogen) atoms. The van der Waals surface area contributed by atoms with Crippen LogP contribution in [0.25, 0.3) is 6.08 Å². The predicted molar refractivity (Wildman–Crippen MR) is 106 cm³/mol. The highest BCUT2D eigenvalue weighted by molar-refractivity contribution is 6.13. The van der Waals surface area contributed by atoms with Crippen molar-refractivity contribution in [3.05, 3.63) is 53.2 Å². The predicted octanol–water partition coefficient (Wildman–Crippen LogP) is 2.52. The lowest BCUT2D eigenvalue weighted by Crippen LogP contribution is -2.10. The molecule has 0 saturated carbocycles. The summed E-state index contributed by atoms with van der Waals surface area (Å²) in [4.78, 5) is 27.2. The molecule has 1 N–H and O–H groups in total. The van der Waals surface area contributed by atoms with Crippen molar-refractivity contribution in [1.82, 2.24) is 0 Å². The van der Waals surface area contributed by atoms with E-state index >= 15 is 0 Å². The molecule has 0 radical (unpaired) electrons. The fourth-order valence-corrected chi connectivity index (χ4v) is 2.65. The zero-order valence-electron chi connectivity index (χ0n) is 16.5. The maximum Gasteiger partial charge on any atom is 0.363 e. The zero-order valence-corrected chi connectivity index (χ0v) is 16.5. The van der Waals surface area contributed by atoms with E-state index in [0.717, 1.165) is 0 Å². The molecule has 0 aliphatic carbocycles. The monoisotopic (exact) mass is 413 g/mol. The highest BCUT2D eigenvalue weighted by Crippen LogP contribution is 2.30. The van der Waals surface area contributed by atoms with E-state index < -0.39 is 18.5 Å². The Labute approximate surface area is 172 Å². The van der Waals surface area contributed by atoms with Crippen molar-refractivity contribution in [1.29, 1.82) is 0 Å². The minimum Gasteiger partial charge on any atom is -0.497 e. The third-order valence-electron chi connectivity index (χ3n) is 4.06. The van der Waals surface area contributed by atoms with Gasteiger partial charge in [0.2, 0.25) is 5.90 Å². The van der Waals surface area contributed by atoms with Crippen LogP contribution in [-0.2, 0) is 14.3 Å². The van der Waals surface area contributed by atoms with Crippen LogP contribution in [0, 0.1) is 0 Å². The molecular weight excluding hydrogens is 394 g/mol. The van der Waals surface area contributed by atoms with E-state index in [4.69, 9.17) is 28.8 Å². The fourth-order valence-electron chi connectivity index (χ4n) is 2.65. The summed E-state index contributed by atoms with van der Waals surface area (Å²) in [6.07, 6.45) is 1.52. The number of benzene rings is 2. The standard InChI is InChI=1S/C21H19NO8/c1-26-14-8-13(9-15(10-14)27-2)20-22-16(21(25)30-20)6-12-4-5-17(18(7-12)28-3)29-11-19(23)24/h4-10H,11H2,1-3H3,(H,23,24)/b16-6+. The average molecular weight is 413 g/mol. The second-order valence-electron chi connectivity index (χ2n) is 6.03. The third kappa shape index (κ3) is 4.69. The van der Waals surface area contributed by atoms with Crippen molar-refractivity contribution in [2.75, 3.05) is 27.9 Å². The van der Waals surface area contributed by atoms with Crippen LogP contribution in [0.4, 0.5) is 0 Å². The van der Waals surface area contributed by atoms with Crippen LogP contribution in [0.2, 0.25) is 0 Å². The summed E-state index contributed by atoms with van der Waals surface area (Å²) in [5.41, 5.74) is 1.21. The van der Waals surface area contributed by atoms with Crippen LogP contribution in [0.15, 0.2) is 47.1 Å². The second-order valence-corrected chi connectivity index (χ2v) is 6.03. The molecule has 1 aliphatic heterocycles. The molecule has 0 aromatic heterocycles. The Morgan fingerprint density at radius 3 is 2.33 bits per heavy atom. The van der Waals surface area contributed by atoms with Crippen LogP contribution >= 0.6 is 0 Å². The first kappa shape index (κ1) is 20.7. The summed E-state index contributed by atoms with van der Waals surface area (Å²) in [5, 5.41) is 8.74. The highest BCUT2D eigenvalue weighted by Gasteiger charge is 2.25. The Kier molecular flexibility index (Phi) is 6.21. The Morgan fingerprint density at radius 2 is 1.73 bits per heavy atom. The lowest BCUT2D eigenvalue weighted by Gasteiger charge is -2.09. The smallest absolute Gasteiger partial charge is 0.363 e. The van der Waals surface area contributed by atoms with E-state index in [1.807, 2.05) is 0 Å². The molecule has 0 spiro atoms.